The number of hydrogen-bond donors (Lipinski definition) is 3. The highest BCUT2D eigenvalue weighted by Gasteiger charge is 2.37. The van der Waals surface area contributed by atoms with E-state index < -0.39 is 5.41 Å². The lowest BCUT2D eigenvalue weighted by Gasteiger charge is -2.28. The maximum Gasteiger partial charge on any atom is 0.233 e. The summed E-state index contributed by atoms with van der Waals surface area (Å²) in [5.74, 6) is -0.111. The van der Waals surface area contributed by atoms with Crippen molar-refractivity contribution in [2.45, 2.75) is 40.2 Å². The topological polar surface area (TPSA) is 83.8 Å². The van der Waals surface area contributed by atoms with Crippen LogP contribution in [0.4, 0.5) is 0 Å². The Morgan fingerprint density at radius 3 is 2.56 bits per heavy atom. The molecule has 18 heavy (non-hydrogen) atoms. The number of nitrogens with two attached hydrogens (primary N) is 1. The van der Waals surface area contributed by atoms with Gasteiger partial charge in [-0.2, -0.15) is 5.10 Å². The summed E-state index contributed by atoms with van der Waals surface area (Å²) in [7, 11) is 0. The first-order valence-electron chi connectivity index (χ1n) is 6.05. The lowest BCUT2D eigenvalue weighted by atomic mass is 9.81. The minimum Gasteiger partial charge on any atom is -0.392 e. The molecule has 6 heteroatoms. The fourth-order valence-corrected chi connectivity index (χ4v) is 2.31. The Morgan fingerprint density at radius 2 is 2.17 bits per heavy atom. The number of hydrogen-bond acceptors (Lipinski definition) is 3. The number of H-pyrrole nitrogens is 1. The predicted octanol–water partition coefficient (Wildman–Crippen LogP) is 1.43. The number of thiocarbonyl (C=S) groups is 1. The van der Waals surface area contributed by atoms with Gasteiger partial charge in [-0.1, -0.05) is 26.1 Å². The summed E-state index contributed by atoms with van der Waals surface area (Å²) < 4.78 is 0. The van der Waals surface area contributed by atoms with Gasteiger partial charge >= 0.3 is 0 Å². The maximum absolute atomic E-state index is 12.3. The molecule has 0 atom stereocenters. The fourth-order valence-electron chi connectivity index (χ4n) is 1.93. The first-order valence-corrected chi connectivity index (χ1v) is 6.45. The van der Waals surface area contributed by atoms with Crippen LogP contribution in [0.3, 0.4) is 0 Å². The van der Waals surface area contributed by atoms with Crippen molar-refractivity contribution in [2.75, 3.05) is 0 Å². The van der Waals surface area contributed by atoms with Gasteiger partial charge in [0.2, 0.25) is 5.91 Å². The van der Waals surface area contributed by atoms with Crippen LogP contribution in [0.15, 0.2) is 6.20 Å². The van der Waals surface area contributed by atoms with Crippen LogP contribution in [0.2, 0.25) is 0 Å². The van der Waals surface area contributed by atoms with E-state index in [-0.39, 0.29) is 10.9 Å². The van der Waals surface area contributed by atoms with E-state index in [2.05, 4.69) is 15.5 Å². The number of aromatic amines is 1. The molecule has 1 heterocycles. The number of aromatic nitrogens is 2. The highest BCUT2D eigenvalue weighted by atomic mass is 32.1. The van der Waals surface area contributed by atoms with Gasteiger partial charge in [0.25, 0.3) is 0 Å². The molecule has 0 unspecified atom stereocenters. The van der Waals surface area contributed by atoms with E-state index in [9.17, 15) is 4.79 Å². The van der Waals surface area contributed by atoms with Gasteiger partial charge in [0.1, 0.15) is 0 Å². The van der Waals surface area contributed by atoms with Gasteiger partial charge < -0.3 is 11.1 Å². The standard InChI is InChI=1S/C12H20N4OS/c1-4-12(5-2,10(13)18)11(17)14-6-9-7-15-16-8(9)3/h7H,4-6H2,1-3H3,(H2,13,18)(H,14,17)(H,15,16). The molecule has 0 aromatic carbocycles. The minimum absolute atomic E-state index is 0.111. The van der Waals surface area contributed by atoms with Gasteiger partial charge in [-0.15, -0.1) is 0 Å². The molecule has 0 spiro atoms. The van der Waals surface area contributed by atoms with Crippen LogP contribution in [0.5, 0.6) is 0 Å². The molecule has 0 aliphatic carbocycles. The third-order valence-electron chi connectivity index (χ3n) is 3.49. The Hall–Kier alpha value is -1.43. The zero-order valence-corrected chi connectivity index (χ0v) is 11.9. The van der Waals surface area contributed by atoms with Crippen LogP contribution in [-0.2, 0) is 11.3 Å². The Kier molecular flexibility index (Phi) is 4.84. The average molecular weight is 268 g/mol. The van der Waals surface area contributed by atoms with Gasteiger partial charge in [-0.05, 0) is 19.8 Å². The summed E-state index contributed by atoms with van der Waals surface area (Å²) in [6.45, 7) is 6.19. The number of rotatable bonds is 6. The maximum atomic E-state index is 12.3. The zero-order valence-electron chi connectivity index (χ0n) is 11.0. The molecule has 0 saturated heterocycles. The SMILES string of the molecule is CCC(CC)(C(=O)NCc1cn[nH]c1C)C(N)=S. The summed E-state index contributed by atoms with van der Waals surface area (Å²) in [5, 5.41) is 9.62. The van der Waals surface area contributed by atoms with Crippen molar-refractivity contribution in [3.05, 3.63) is 17.5 Å². The molecule has 0 bridgehead atoms. The Morgan fingerprint density at radius 1 is 1.56 bits per heavy atom. The van der Waals surface area contributed by atoms with Gasteiger partial charge in [0, 0.05) is 17.8 Å². The summed E-state index contributed by atoms with van der Waals surface area (Å²) in [5.41, 5.74) is 6.90. The number of nitrogens with zero attached hydrogens (tertiary/aromatic N) is 1. The van der Waals surface area contributed by atoms with Crippen LogP contribution in [-0.4, -0.2) is 21.1 Å². The van der Waals surface area contributed by atoms with Crippen LogP contribution in [0.25, 0.3) is 0 Å². The minimum atomic E-state index is -0.743. The van der Waals surface area contributed by atoms with Crippen LogP contribution in [0, 0.1) is 12.3 Å². The van der Waals surface area contributed by atoms with Crippen molar-refractivity contribution in [2.24, 2.45) is 11.1 Å². The summed E-state index contributed by atoms with van der Waals surface area (Å²) in [4.78, 5) is 12.5. The molecule has 0 aliphatic rings. The van der Waals surface area contributed by atoms with Crippen molar-refractivity contribution in [1.82, 2.24) is 15.5 Å². The van der Waals surface area contributed by atoms with Crippen molar-refractivity contribution in [3.8, 4) is 0 Å². The molecule has 5 nitrogen and oxygen atoms in total. The van der Waals surface area contributed by atoms with Crippen LogP contribution >= 0.6 is 12.2 Å². The molecule has 1 rings (SSSR count). The molecule has 0 aliphatic heterocycles. The lowest BCUT2D eigenvalue weighted by molar-refractivity contribution is -0.128. The highest BCUT2D eigenvalue weighted by molar-refractivity contribution is 7.80. The van der Waals surface area contributed by atoms with E-state index in [0.29, 0.717) is 19.4 Å². The summed E-state index contributed by atoms with van der Waals surface area (Å²) in [6.07, 6.45) is 2.92. The molecule has 0 fully saturated rings. The monoisotopic (exact) mass is 268 g/mol. The Bertz CT molecular complexity index is 437. The molecule has 4 N–H and O–H groups in total. The summed E-state index contributed by atoms with van der Waals surface area (Å²) >= 11 is 5.04. The number of carbonyl (C=O) groups excluding carboxylic acids is 1. The molecule has 1 aromatic heterocycles. The van der Waals surface area contributed by atoms with E-state index >= 15 is 0 Å². The molecule has 1 amide bonds. The van der Waals surface area contributed by atoms with E-state index in [1.165, 1.54) is 0 Å². The zero-order chi connectivity index (χ0) is 13.8. The highest BCUT2D eigenvalue weighted by Crippen LogP contribution is 2.27. The first kappa shape index (κ1) is 14.6. The number of nitrogens with one attached hydrogen (secondary N) is 2. The fraction of sp³-hybridized carbons (Fsp3) is 0.583. The molecule has 0 saturated carbocycles. The van der Waals surface area contributed by atoms with E-state index in [4.69, 9.17) is 18.0 Å². The van der Waals surface area contributed by atoms with E-state index in [1.807, 2.05) is 20.8 Å². The molecular formula is C12H20N4OS. The average Bonchev–Trinajstić information content (AvgIpc) is 2.74. The number of carbonyl (C=O) groups is 1. The van der Waals surface area contributed by atoms with Crippen molar-refractivity contribution in [1.29, 1.82) is 0 Å². The second-order valence-corrected chi connectivity index (χ2v) is 4.80. The molecule has 100 valence electrons. The van der Waals surface area contributed by atoms with Gasteiger partial charge in [0.05, 0.1) is 16.6 Å². The molecule has 0 radical (unpaired) electrons. The summed E-state index contributed by atoms with van der Waals surface area (Å²) in [6, 6.07) is 0. The predicted molar refractivity (Wildman–Crippen MR) is 75.0 cm³/mol. The third kappa shape index (κ3) is 2.69. The quantitative estimate of drug-likeness (QED) is 0.681. The smallest absolute Gasteiger partial charge is 0.233 e. The number of amides is 1. The second kappa shape index (κ2) is 5.95. The first-order chi connectivity index (χ1) is 8.47. The van der Waals surface area contributed by atoms with Gasteiger partial charge in [0.15, 0.2) is 0 Å². The lowest BCUT2D eigenvalue weighted by Crippen LogP contribution is -2.48. The molecule has 1 aromatic rings. The second-order valence-electron chi connectivity index (χ2n) is 4.36. The number of aryl methyl sites for hydroxylation is 1. The normalized spacial score (nSPS) is 11.3. The van der Waals surface area contributed by atoms with Gasteiger partial charge in [-0.25, -0.2) is 0 Å². The molecular weight excluding hydrogens is 248 g/mol. The van der Waals surface area contributed by atoms with Crippen molar-refractivity contribution >= 4 is 23.1 Å². The van der Waals surface area contributed by atoms with Crippen molar-refractivity contribution < 1.29 is 4.79 Å². The largest absolute Gasteiger partial charge is 0.392 e. The van der Waals surface area contributed by atoms with Gasteiger partial charge in [-0.3, -0.25) is 9.89 Å². The Labute approximate surface area is 113 Å². The van der Waals surface area contributed by atoms with Crippen molar-refractivity contribution in [3.63, 3.8) is 0 Å². The van der Waals surface area contributed by atoms with E-state index in [1.54, 1.807) is 6.20 Å². The van der Waals surface area contributed by atoms with Crippen LogP contribution in [0.1, 0.15) is 37.9 Å². The van der Waals surface area contributed by atoms with Crippen LogP contribution < -0.4 is 11.1 Å². The van der Waals surface area contributed by atoms with E-state index in [0.717, 1.165) is 11.3 Å². The third-order valence-corrected chi connectivity index (χ3v) is 3.88. The Balaban J connectivity index is 2.75.